The highest BCUT2D eigenvalue weighted by atomic mass is 32.2. The first-order valence-electron chi connectivity index (χ1n) is 6.43. The van der Waals surface area contributed by atoms with Gasteiger partial charge in [-0.2, -0.15) is 23.5 Å². The van der Waals surface area contributed by atoms with Gasteiger partial charge >= 0.3 is 0 Å². The molecule has 0 unspecified atom stereocenters. The van der Waals surface area contributed by atoms with Crippen LogP contribution < -0.4 is 11.1 Å². The number of carbonyl (C=O) groups is 2. The van der Waals surface area contributed by atoms with Crippen LogP contribution in [0.3, 0.4) is 0 Å². The lowest BCUT2D eigenvalue weighted by atomic mass is 10.4. The summed E-state index contributed by atoms with van der Waals surface area (Å²) in [5, 5.41) is 3.72. The van der Waals surface area contributed by atoms with Crippen molar-refractivity contribution in [2.24, 2.45) is 5.73 Å². The van der Waals surface area contributed by atoms with Crippen LogP contribution in [0.15, 0.2) is 0 Å². The lowest BCUT2D eigenvalue weighted by molar-refractivity contribution is -0.120. The lowest BCUT2D eigenvalue weighted by Crippen LogP contribution is -2.26. The molecule has 1 rings (SSSR count). The molecule has 6 heteroatoms. The van der Waals surface area contributed by atoms with Gasteiger partial charge in [0.1, 0.15) is 0 Å². The monoisotopic (exact) mass is 290 g/mol. The minimum absolute atomic E-state index is 0.0685. The summed E-state index contributed by atoms with van der Waals surface area (Å²) in [5.74, 6) is 1.70. The Hall–Kier alpha value is -0.360. The second kappa shape index (κ2) is 9.55. The second-order valence-electron chi connectivity index (χ2n) is 4.40. The Labute approximate surface area is 117 Å². The summed E-state index contributed by atoms with van der Waals surface area (Å²) in [6, 6.07) is 0. The minimum Gasteiger partial charge on any atom is -0.369 e. The van der Waals surface area contributed by atoms with Crippen molar-refractivity contribution >= 4 is 35.3 Å². The number of hydrogen-bond acceptors (Lipinski definition) is 4. The first-order valence-corrected chi connectivity index (χ1v) is 8.63. The summed E-state index contributed by atoms with van der Waals surface area (Å²) in [6.45, 7) is 0.750. The number of rotatable bonds is 9. The molecule has 3 N–H and O–H groups in total. The number of amides is 2. The zero-order valence-corrected chi connectivity index (χ0v) is 12.3. The van der Waals surface area contributed by atoms with Crippen molar-refractivity contribution in [1.29, 1.82) is 0 Å². The molecule has 0 aliphatic heterocycles. The van der Waals surface area contributed by atoms with E-state index in [4.69, 9.17) is 5.73 Å². The first-order chi connectivity index (χ1) is 8.68. The van der Waals surface area contributed by atoms with E-state index in [9.17, 15) is 9.59 Å². The highest BCUT2D eigenvalue weighted by molar-refractivity contribution is 8.00. The average molecular weight is 290 g/mol. The van der Waals surface area contributed by atoms with Crippen LogP contribution in [0.2, 0.25) is 0 Å². The Balaban J connectivity index is 1.88. The Morgan fingerprint density at radius 3 is 2.61 bits per heavy atom. The van der Waals surface area contributed by atoms with Crippen LogP contribution in [0.1, 0.15) is 32.1 Å². The summed E-state index contributed by atoms with van der Waals surface area (Å²) < 4.78 is 0. The fourth-order valence-electron chi connectivity index (χ4n) is 1.90. The number of hydrogen-bond donors (Lipinski definition) is 2. The standard InChI is InChI=1S/C12H22N2O2S2/c13-11(15)9-17-7-5-12(16)14-6-8-18-10-3-1-2-4-10/h10H,1-9H2,(H2,13,15)(H,14,16). The molecule has 104 valence electrons. The van der Waals surface area contributed by atoms with Gasteiger partial charge in [-0.15, -0.1) is 0 Å². The first kappa shape index (κ1) is 15.7. The van der Waals surface area contributed by atoms with Gasteiger partial charge in [0.2, 0.25) is 11.8 Å². The summed E-state index contributed by atoms with van der Waals surface area (Å²) in [4.78, 5) is 21.9. The van der Waals surface area contributed by atoms with Crippen molar-refractivity contribution in [1.82, 2.24) is 5.32 Å². The van der Waals surface area contributed by atoms with E-state index in [1.807, 2.05) is 11.8 Å². The largest absolute Gasteiger partial charge is 0.369 e. The van der Waals surface area contributed by atoms with E-state index in [0.717, 1.165) is 17.5 Å². The van der Waals surface area contributed by atoms with Crippen LogP contribution in [0, 0.1) is 0 Å². The molecule has 1 aliphatic carbocycles. The van der Waals surface area contributed by atoms with Gasteiger partial charge in [-0.05, 0) is 12.8 Å². The summed E-state index contributed by atoms with van der Waals surface area (Å²) in [5.41, 5.74) is 5.00. The highest BCUT2D eigenvalue weighted by Gasteiger charge is 2.14. The summed E-state index contributed by atoms with van der Waals surface area (Å²) >= 11 is 3.39. The number of carbonyl (C=O) groups excluding carboxylic acids is 2. The molecule has 0 radical (unpaired) electrons. The predicted octanol–water partition coefficient (Wildman–Crippen LogP) is 1.39. The number of thioether (sulfide) groups is 2. The maximum Gasteiger partial charge on any atom is 0.227 e. The van der Waals surface area contributed by atoms with Crippen molar-refractivity contribution in [2.75, 3.05) is 23.8 Å². The molecule has 1 saturated carbocycles. The van der Waals surface area contributed by atoms with Crippen LogP contribution in [-0.4, -0.2) is 40.9 Å². The fraction of sp³-hybridized carbons (Fsp3) is 0.833. The molecular weight excluding hydrogens is 268 g/mol. The molecule has 0 atom stereocenters. The van der Waals surface area contributed by atoms with Crippen molar-refractivity contribution < 1.29 is 9.59 Å². The molecule has 2 amide bonds. The molecule has 4 nitrogen and oxygen atoms in total. The molecule has 0 saturated heterocycles. The quantitative estimate of drug-likeness (QED) is 0.629. The Morgan fingerprint density at radius 1 is 1.22 bits per heavy atom. The van der Waals surface area contributed by atoms with Gasteiger partial charge in [0, 0.05) is 29.7 Å². The highest BCUT2D eigenvalue weighted by Crippen LogP contribution is 2.28. The topological polar surface area (TPSA) is 72.2 Å². The van der Waals surface area contributed by atoms with E-state index >= 15 is 0 Å². The van der Waals surface area contributed by atoms with Gasteiger partial charge < -0.3 is 11.1 Å². The lowest BCUT2D eigenvalue weighted by Gasteiger charge is -2.09. The molecule has 0 aromatic carbocycles. The number of nitrogens with two attached hydrogens (primary N) is 1. The number of nitrogens with one attached hydrogen (secondary N) is 1. The van der Waals surface area contributed by atoms with E-state index in [0.29, 0.717) is 17.9 Å². The molecular formula is C12H22N2O2S2. The van der Waals surface area contributed by atoms with Crippen molar-refractivity contribution in [3.05, 3.63) is 0 Å². The molecule has 0 aromatic rings. The summed E-state index contributed by atoms with van der Waals surface area (Å²) in [7, 11) is 0. The van der Waals surface area contributed by atoms with E-state index in [2.05, 4.69) is 5.32 Å². The van der Waals surface area contributed by atoms with Crippen LogP contribution in [0.25, 0.3) is 0 Å². The van der Waals surface area contributed by atoms with Crippen molar-refractivity contribution in [2.45, 2.75) is 37.4 Å². The van der Waals surface area contributed by atoms with Gasteiger partial charge in [-0.3, -0.25) is 9.59 Å². The van der Waals surface area contributed by atoms with Gasteiger partial charge in [-0.1, -0.05) is 12.8 Å². The average Bonchev–Trinajstić information content (AvgIpc) is 2.83. The summed E-state index contributed by atoms with van der Waals surface area (Å²) in [6.07, 6.45) is 5.86. The third kappa shape index (κ3) is 7.87. The van der Waals surface area contributed by atoms with E-state index in [1.54, 1.807) is 0 Å². The predicted molar refractivity (Wildman–Crippen MR) is 78.9 cm³/mol. The van der Waals surface area contributed by atoms with Crippen molar-refractivity contribution in [3.8, 4) is 0 Å². The Morgan fingerprint density at radius 2 is 1.94 bits per heavy atom. The number of primary amides is 1. The molecule has 0 bridgehead atoms. The normalized spacial score (nSPS) is 15.8. The fourth-order valence-corrected chi connectivity index (χ4v) is 3.79. The molecule has 0 spiro atoms. The van der Waals surface area contributed by atoms with E-state index < -0.39 is 0 Å². The van der Waals surface area contributed by atoms with Crippen LogP contribution in [-0.2, 0) is 9.59 Å². The van der Waals surface area contributed by atoms with Crippen molar-refractivity contribution in [3.63, 3.8) is 0 Å². The molecule has 0 aromatic heterocycles. The van der Waals surface area contributed by atoms with Crippen LogP contribution in [0.5, 0.6) is 0 Å². The maximum atomic E-state index is 11.4. The van der Waals surface area contributed by atoms with E-state index in [-0.39, 0.29) is 11.8 Å². The van der Waals surface area contributed by atoms with E-state index in [1.165, 1.54) is 37.4 Å². The smallest absolute Gasteiger partial charge is 0.227 e. The van der Waals surface area contributed by atoms with Gasteiger partial charge in [0.15, 0.2) is 0 Å². The molecule has 1 fully saturated rings. The third-order valence-corrected chi connectivity index (χ3v) is 5.16. The molecule has 1 aliphatic rings. The zero-order chi connectivity index (χ0) is 13.2. The van der Waals surface area contributed by atoms with Gasteiger partial charge in [-0.25, -0.2) is 0 Å². The third-order valence-electron chi connectivity index (χ3n) is 2.80. The Kier molecular flexibility index (Phi) is 8.33. The maximum absolute atomic E-state index is 11.4. The van der Waals surface area contributed by atoms with Crippen LogP contribution in [0.4, 0.5) is 0 Å². The minimum atomic E-state index is -0.326. The van der Waals surface area contributed by atoms with Gasteiger partial charge in [0.25, 0.3) is 0 Å². The molecule has 0 heterocycles. The van der Waals surface area contributed by atoms with Gasteiger partial charge in [0.05, 0.1) is 5.75 Å². The Bertz CT molecular complexity index is 269. The second-order valence-corrected chi connectivity index (χ2v) is 6.91. The zero-order valence-electron chi connectivity index (χ0n) is 10.7. The van der Waals surface area contributed by atoms with Crippen LogP contribution >= 0.6 is 23.5 Å². The SMILES string of the molecule is NC(=O)CSCCC(=O)NCCSC1CCCC1. The molecule has 18 heavy (non-hydrogen) atoms.